The summed E-state index contributed by atoms with van der Waals surface area (Å²) >= 11 is 0. The van der Waals surface area contributed by atoms with Crippen LogP contribution in [0.4, 0.5) is 0 Å². The van der Waals surface area contributed by atoms with E-state index in [0.29, 0.717) is 19.0 Å². The number of rotatable bonds is 6. The number of aromatic nitrogens is 3. The van der Waals surface area contributed by atoms with Crippen LogP contribution in [0.1, 0.15) is 44.0 Å². The van der Waals surface area contributed by atoms with Crippen LogP contribution in [0.2, 0.25) is 0 Å². The van der Waals surface area contributed by atoms with E-state index in [0.717, 1.165) is 37.4 Å². The molecule has 0 aliphatic carbocycles. The number of amides is 1. The number of nitrogens with zero attached hydrogens (tertiary/aromatic N) is 5. The molecule has 6 nitrogen and oxygen atoms in total. The van der Waals surface area contributed by atoms with E-state index in [4.69, 9.17) is 0 Å². The monoisotopic (exact) mass is 391 g/mol. The second kappa shape index (κ2) is 8.74. The van der Waals surface area contributed by atoms with Gasteiger partial charge in [0.15, 0.2) is 5.65 Å². The molecule has 1 aliphatic rings. The SMILES string of the molecule is CC(C)N(Cc1ccccc1)C(=O)CN1CCC(c2nnc3ccccn23)CC1. The third-order valence-electron chi connectivity index (χ3n) is 5.79. The van der Waals surface area contributed by atoms with Crippen LogP contribution in [0.15, 0.2) is 54.7 Å². The smallest absolute Gasteiger partial charge is 0.237 e. The first-order valence-electron chi connectivity index (χ1n) is 10.5. The summed E-state index contributed by atoms with van der Waals surface area (Å²) in [5.74, 6) is 1.64. The van der Waals surface area contributed by atoms with E-state index in [9.17, 15) is 4.79 Å². The second-order valence-electron chi connectivity index (χ2n) is 8.14. The predicted molar refractivity (Wildman–Crippen MR) is 114 cm³/mol. The molecule has 0 saturated carbocycles. The Labute approximate surface area is 172 Å². The standard InChI is InChI=1S/C23H29N5O/c1-18(2)28(16-19-8-4-3-5-9-19)22(29)17-26-14-11-20(12-15-26)23-25-24-21-10-6-7-13-27(21)23/h3-10,13,18,20H,11-12,14-17H2,1-2H3. The van der Waals surface area contributed by atoms with Gasteiger partial charge in [-0.1, -0.05) is 36.4 Å². The molecule has 3 aromatic rings. The van der Waals surface area contributed by atoms with Gasteiger partial charge in [0.05, 0.1) is 6.54 Å². The van der Waals surface area contributed by atoms with Crippen LogP contribution < -0.4 is 0 Å². The Kier molecular flexibility index (Phi) is 5.90. The summed E-state index contributed by atoms with van der Waals surface area (Å²) in [6, 6.07) is 16.4. The van der Waals surface area contributed by atoms with Gasteiger partial charge in [0.1, 0.15) is 5.82 Å². The first-order chi connectivity index (χ1) is 14.1. The topological polar surface area (TPSA) is 53.7 Å². The third-order valence-corrected chi connectivity index (χ3v) is 5.79. The summed E-state index contributed by atoms with van der Waals surface area (Å²) in [6.07, 6.45) is 4.04. The van der Waals surface area contributed by atoms with Gasteiger partial charge in [-0.15, -0.1) is 10.2 Å². The van der Waals surface area contributed by atoms with E-state index in [1.54, 1.807) is 0 Å². The minimum Gasteiger partial charge on any atom is -0.335 e. The molecule has 1 fully saturated rings. The van der Waals surface area contributed by atoms with Gasteiger partial charge in [0.2, 0.25) is 5.91 Å². The lowest BCUT2D eigenvalue weighted by Gasteiger charge is -2.34. The lowest BCUT2D eigenvalue weighted by atomic mass is 9.96. The quantitative estimate of drug-likeness (QED) is 0.647. The average Bonchev–Trinajstić information content (AvgIpc) is 3.17. The van der Waals surface area contributed by atoms with Crippen LogP contribution in [0, 0.1) is 0 Å². The van der Waals surface area contributed by atoms with Gasteiger partial charge in [0.25, 0.3) is 0 Å². The molecule has 1 amide bonds. The van der Waals surface area contributed by atoms with Crippen molar-refractivity contribution in [3.63, 3.8) is 0 Å². The van der Waals surface area contributed by atoms with E-state index in [-0.39, 0.29) is 11.9 Å². The minimum absolute atomic E-state index is 0.183. The van der Waals surface area contributed by atoms with Crippen molar-refractivity contribution in [3.05, 3.63) is 66.1 Å². The summed E-state index contributed by atoms with van der Waals surface area (Å²) in [5, 5.41) is 8.70. The van der Waals surface area contributed by atoms with Crippen LogP contribution >= 0.6 is 0 Å². The first-order valence-corrected chi connectivity index (χ1v) is 10.5. The van der Waals surface area contributed by atoms with Crippen LogP contribution in [0.3, 0.4) is 0 Å². The van der Waals surface area contributed by atoms with E-state index in [2.05, 4.69) is 45.5 Å². The Bertz CT molecular complexity index is 944. The van der Waals surface area contributed by atoms with Gasteiger partial charge in [-0.05, 0) is 57.5 Å². The van der Waals surface area contributed by atoms with Crippen LogP contribution in [0.25, 0.3) is 5.65 Å². The molecular formula is C23H29N5O. The van der Waals surface area contributed by atoms with Crippen molar-refractivity contribution in [1.29, 1.82) is 0 Å². The van der Waals surface area contributed by atoms with Crippen molar-refractivity contribution in [2.75, 3.05) is 19.6 Å². The first kappa shape index (κ1) is 19.6. The maximum atomic E-state index is 13.0. The number of pyridine rings is 1. The minimum atomic E-state index is 0.183. The number of fused-ring (bicyclic) bond motifs is 1. The highest BCUT2D eigenvalue weighted by Gasteiger charge is 2.27. The number of carbonyl (C=O) groups excluding carboxylic acids is 1. The van der Waals surface area contributed by atoms with Gasteiger partial charge < -0.3 is 4.90 Å². The number of piperidine rings is 1. The normalized spacial score (nSPS) is 15.8. The van der Waals surface area contributed by atoms with Gasteiger partial charge >= 0.3 is 0 Å². The molecule has 0 N–H and O–H groups in total. The maximum Gasteiger partial charge on any atom is 0.237 e. The zero-order chi connectivity index (χ0) is 20.2. The van der Waals surface area contributed by atoms with E-state index in [1.807, 2.05) is 47.5 Å². The highest BCUT2D eigenvalue weighted by molar-refractivity contribution is 5.78. The molecule has 0 radical (unpaired) electrons. The fraction of sp³-hybridized carbons (Fsp3) is 0.435. The Morgan fingerprint density at radius 3 is 2.52 bits per heavy atom. The fourth-order valence-corrected chi connectivity index (χ4v) is 4.11. The van der Waals surface area contributed by atoms with E-state index in [1.165, 1.54) is 5.56 Å². The Morgan fingerprint density at radius 1 is 1.07 bits per heavy atom. The van der Waals surface area contributed by atoms with Crippen molar-refractivity contribution in [2.45, 2.75) is 45.2 Å². The van der Waals surface area contributed by atoms with E-state index >= 15 is 0 Å². The summed E-state index contributed by atoms with van der Waals surface area (Å²) in [5.41, 5.74) is 2.07. The number of hydrogen-bond donors (Lipinski definition) is 0. The average molecular weight is 392 g/mol. The molecular weight excluding hydrogens is 362 g/mol. The van der Waals surface area contributed by atoms with Crippen molar-refractivity contribution in [3.8, 4) is 0 Å². The molecule has 29 heavy (non-hydrogen) atoms. The molecule has 2 aromatic heterocycles. The van der Waals surface area contributed by atoms with Gasteiger partial charge in [-0.3, -0.25) is 14.1 Å². The molecule has 1 saturated heterocycles. The summed E-state index contributed by atoms with van der Waals surface area (Å²) in [7, 11) is 0. The largest absolute Gasteiger partial charge is 0.335 e. The Morgan fingerprint density at radius 2 is 1.79 bits per heavy atom. The molecule has 0 bridgehead atoms. The van der Waals surface area contributed by atoms with Crippen LogP contribution in [-0.4, -0.2) is 56.0 Å². The summed E-state index contributed by atoms with van der Waals surface area (Å²) in [6.45, 7) is 7.15. The van der Waals surface area contributed by atoms with Crippen LogP contribution in [-0.2, 0) is 11.3 Å². The number of likely N-dealkylation sites (tertiary alicyclic amines) is 1. The van der Waals surface area contributed by atoms with Crippen molar-refractivity contribution >= 4 is 11.6 Å². The predicted octanol–water partition coefficient (Wildman–Crippen LogP) is 3.35. The second-order valence-corrected chi connectivity index (χ2v) is 8.14. The van der Waals surface area contributed by atoms with Crippen molar-refractivity contribution < 1.29 is 4.79 Å². The molecule has 6 heteroatoms. The van der Waals surface area contributed by atoms with Gasteiger partial charge in [-0.2, -0.15) is 0 Å². The number of hydrogen-bond acceptors (Lipinski definition) is 4. The maximum absolute atomic E-state index is 13.0. The molecule has 0 atom stereocenters. The van der Waals surface area contributed by atoms with Crippen molar-refractivity contribution in [2.24, 2.45) is 0 Å². The number of carbonyl (C=O) groups is 1. The highest BCUT2D eigenvalue weighted by Crippen LogP contribution is 2.27. The molecule has 152 valence electrons. The molecule has 0 spiro atoms. The Hall–Kier alpha value is -2.73. The molecule has 1 aromatic carbocycles. The highest BCUT2D eigenvalue weighted by atomic mass is 16.2. The lowest BCUT2D eigenvalue weighted by Crippen LogP contribution is -2.45. The molecule has 3 heterocycles. The number of benzene rings is 1. The molecule has 1 aliphatic heterocycles. The zero-order valence-corrected chi connectivity index (χ0v) is 17.2. The lowest BCUT2D eigenvalue weighted by molar-refractivity contribution is -0.135. The molecule has 4 rings (SSSR count). The van der Waals surface area contributed by atoms with E-state index < -0.39 is 0 Å². The van der Waals surface area contributed by atoms with Crippen LogP contribution in [0.5, 0.6) is 0 Å². The Balaban J connectivity index is 1.35. The fourth-order valence-electron chi connectivity index (χ4n) is 4.11. The molecule has 0 unspecified atom stereocenters. The van der Waals surface area contributed by atoms with Gasteiger partial charge in [-0.25, -0.2) is 0 Å². The zero-order valence-electron chi connectivity index (χ0n) is 17.2. The van der Waals surface area contributed by atoms with Crippen molar-refractivity contribution in [1.82, 2.24) is 24.4 Å². The van der Waals surface area contributed by atoms with Gasteiger partial charge in [0, 0.05) is 24.7 Å². The third kappa shape index (κ3) is 4.48. The summed E-state index contributed by atoms with van der Waals surface area (Å²) in [4.78, 5) is 17.3. The summed E-state index contributed by atoms with van der Waals surface area (Å²) < 4.78 is 2.09.